The zero-order chi connectivity index (χ0) is 14.2. The number of hydrogen-bond acceptors (Lipinski definition) is 1. The van der Waals surface area contributed by atoms with Crippen LogP contribution in [0.1, 0.15) is 33.9 Å². The van der Waals surface area contributed by atoms with Crippen molar-refractivity contribution in [1.82, 2.24) is 0 Å². The Hall–Kier alpha value is -1.38. The van der Waals surface area contributed by atoms with E-state index in [2.05, 4.69) is 0 Å². The molecule has 2 N–H and O–H groups in total. The van der Waals surface area contributed by atoms with E-state index in [1.54, 1.807) is 13.0 Å². The number of rotatable bonds is 2. The second-order valence-corrected chi connectivity index (χ2v) is 5.30. The van der Waals surface area contributed by atoms with Crippen molar-refractivity contribution in [2.24, 2.45) is 5.73 Å². The van der Waals surface area contributed by atoms with Crippen LogP contribution >= 0.6 is 11.6 Å². The molecule has 0 aliphatic rings. The SMILES string of the molecule is Cc1cc(C(N)c2cccc(C)c2C)c(Cl)cc1F. The van der Waals surface area contributed by atoms with E-state index >= 15 is 0 Å². The average Bonchev–Trinajstić information content (AvgIpc) is 2.36. The van der Waals surface area contributed by atoms with E-state index in [-0.39, 0.29) is 11.9 Å². The lowest BCUT2D eigenvalue weighted by Crippen LogP contribution is -2.14. The fourth-order valence-corrected chi connectivity index (χ4v) is 2.46. The Kier molecular flexibility index (Phi) is 3.93. The summed E-state index contributed by atoms with van der Waals surface area (Å²) in [6, 6.07) is 8.72. The molecule has 0 fully saturated rings. The van der Waals surface area contributed by atoms with Crippen molar-refractivity contribution in [3.05, 3.63) is 69.0 Å². The molecule has 2 rings (SSSR count). The number of benzene rings is 2. The fraction of sp³-hybridized carbons (Fsp3) is 0.250. The van der Waals surface area contributed by atoms with E-state index in [1.807, 2.05) is 32.0 Å². The van der Waals surface area contributed by atoms with Crippen LogP contribution in [0.3, 0.4) is 0 Å². The van der Waals surface area contributed by atoms with Crippen molar-refractivity contribution in [2.75, 3.05) is 0 Å². The molecular weight excluding hydrogens is 261 g/mol. The van der Waals surface area contributed by atoms with Crippen molar-refractivity contribution in [3.63, 3.8) is 0 Å². The first kappa shape index (κ1) is 14.0. The van der Waals surface area contributed by atoms with Gasteiger partial charge in [-0.05, 0) is 60.7 Å². The van der Waals surface area contributed by atoms with E-state index in [1.165, 1.54) is 11.6 Å². The first-order valence-electron chi connectivity index (χ1n) is 6.19. The molecule has 0 radical (unpaired) electrons. The fourth-order valence-electron chi connectivity index (χ4n) is 2.20. The molecule has 0 saturated carbocycles. The Morgan fingerprint density at radius 1 is 1.05 bits per heavy atom. The Labute approximate surface area is 118 Å². The number of halogens is 2. The third-order valence-corrected chi connectivity index (χ3v) is 3.92. The van der Waals surface area contributed by atoms with E-state index in [0.29, 0.717) is 10.6 Å². The molecule has 0 aliphatic carbocycles. The van der Waals surface area contributed by atoms with Crippen LogP contribution in [0, 0.1) is 26.6 Å². The van der Waals surface area contributed by atoms with E-state index in [0.717, 1.165) is 16.7 Å². The summed E-state index contributed by atoms with van der Waals surface area (Å²) in [5.41, 5.74) is 11.0. The zero-order valence-electron chi connectivity index (χ0n) is 11.3. The van der Waals surface area contributed by atoms with Crippen LogP contribution in [-0.2, 0) is 0 Å². The summed E-state index contributed by atoms with van der Waals surface area (Å²) in [6.07, 6.45) is 0. The zero-order valence-corrected chi connectivity index (χ0v) is 12.1. The van der Waals surface area contributed by atoms with Crippen LogP contribution in [0.2, 0.25) is 5.02 Å². The highest BCUT2D eigenvalue weighted by atomic mass is 35.5. The van der Waals surface area contributed by atoms with Crippen LogP contribution < -0.4 is 5.73 Å². The summed E-state index contributed by atoms with van der Waals surface area (Å²) in [5, 5.41) is 0.372. The third kappa shape index (κ3) is 2.65. The Bertz CT molecular complexity index is 622. The summed E-state index contributed by atoms with van der Waals surface area (Å²) >= 11 is 6.12. The summed E-state index contributed by atoms with van der Waals surface area (Å²) in [4.78, 5) is 0. The van der Waals surface area contributed by atoms with Gasteiger partial charge in [-0.3, -0.25) is 0 Å². The standard InChI is InChI=1S/C16H17ClFN/c1-9-5-4-6-12(11(9)3)16(19)13-7-10(2)15(18)8-14(13)17/h4-8,16H,19H2,1-3H3. The lowest BCUT2D eigenvalue weighted by Gasteiger charge is -2.18. The van der Waals surface area contributed by atoms with Crippen LogP contribution in [0.4, 0.5) is 4.39 Å². The largest absolute Gasteiger partial charge is 0.320 e. The molecule has 2 aromatic rings. The number of nitrogens with two attached hydrogens (primary N) is 1. The molecule has 1 atom stereocenters. The maximum Gasteiger partial charge on any atom is 0.127 e. The lowest BCUT2D eigenvalue weighted by atomic mass is 9.92. The van der Waals surface area contributed by atoms with Crippen LogP contribution in [0.5, 0.6) is 0 Å². The normalized spacial score (nSPS) is 12.5. The molecule has 100 valence electrons. The minimum Gasteiger partial charge on any atom is -0.320 e. The van der Waals surface area contributed by atoms with E-state index < -0.39 is 0 Å². The minimum atomic E-state index is -0.341. The van der Waals surface area contributed by atoms with Gasteiger partial charge in [-0.1, -0.05) is 29.8 Å². The Morgan fingerprint density at radius 2 is 1.74 bits per heavy atom. The quantitative estimate of drug-likeness (QED) is 0.862. The van der Waals surface area contributed by atoms with Gasteiger partial charge in [0, 0.05) is 5.02 Å². The lowest BCUT2D eigenvalue weighted by molar-refractivity contribution is 0.617. The van der Waals surface area contributed by atoms with Crippen molar-refractivity contribution >= 4 is 11.6 Å². The molecule has 0 aliphatic heterocycles. The topological polar surface area (TPSA) is 26.0 Å². The molecule has 3 heteroatoms. The molecule has 19 heavy (non-hydrogen) atoms. The van der Waals surface area contributed by atoms with Gasteiger partial charge in [0.05, 0.1) is 6.04 Å². The predicted octanol–water partition coefficient (Wildman–Crippen LogP) is 4.45. The summed E-state index contributed by atoms with van der Waals surface area (Å²) in [5.74, 6) is -0.304. The highest BCUT2D eigenvalue weighted by molar-refractivity contribution is 6.31. The molecule has 0 heterocycles. The highest BCUT2D eigenvalue weighted by Gasteiger charge is 2.16. The van der Waals surface area contributed by atoms with Crippen molar-refractivity contribution in [2.45, 2.75) is 26.8 Å². The minimum absolute atomic E-state index is 0.304. The number of hydrogen-bond donors (Lipinski definition) is 1. The Balaban J connectivity index is 2.53. The first-order valence-corrected chi connectivity index (χ1v) is 6.57. The second kappa shape index (κ2) is 5.32. The van der Waals surface area contributed by atoms with Gasteiger partial charge in [0.2, 0.25) is 0 Å². The van der Waals surface area contributed by atoms with Gasteiger partial charge >= 0.3 is 0 Å². The Morgan fingerprint density at radius 3 is 2.42 bits per heavy atom. The molecule has 0 amide bonds. The molecule has 0 bridgehead atoms. The highest BCUT2D eigenvalue weighted by Crippen LogP contribution is 2.31. The summed E-state index contributed by atoms with van der Waals surface area (Å²) < 4.78 is 13.4. The maximum atomic E-state index is 13.4. The van der Waals surface area contributed by atoms with Crippen molar-refractivity contribution in [3.8, 4) is 0 Å². The van der Waals surface area contributed by atoms with Gasteiger partial charge in [-0.25, -0.2) is 4.39 Å². The molecule has 0 saturated heterocycles. The third-order valence-electron chi connectivity index (χ3n) is 3.59. The van der Waals surface area contributed by atoms with Gasteiger partial charge < -0.3 is 5.73 Å². The van der Waals surface area contributed by atoms with E-state index in [4.69, 9.17) is 17.3 Å². The molecule has 1 nitrogen and oxygen atoms in total. The number of aryl methyl sites for hydroxylation is 2. The molecular formula is C16H17ClFN. The van der Waals surface area contributed by atoms with Crippen LogP contribution in [-0.4, -0.2) is 0 Å². The second-order valence-electron chi connectivity index (χ2n) is 4.89. The van der Waals surface area contributed by atoms with E-state index in [9.17, 15) is 4.39 Å². The predicted molar refractivity (Wildman–Crippen MR) is 78.1 cm³/mol. The first-order chi connectivity index (χ1) is 8.91. The maximum absolute atomic E-state index is 13.4. The molecule has 0 spiro atoms. The van der Waals surface area contributed by atoms with Crippen LogP contribution in [0.25, 0.3) is 0 Å². The van der Waals surface area contributed by atoms with Gasteiger partial charge in [0.15, 0.2) is 0 Å². The summed E-state index contributed by atoms with van der Waals surface area (Å²) in [7, 11) is 0. The van der Waals surface area contributed by atoms with Gasteiger partial charge in [-0.15, -0.1) is 0 Å². The van der Waals surface area contributed by atoms with Crippen LogP contribution in [0.15, 0.2) is 30.3 Å². The van der Waals surface area contributed by atoms with Gasteiger partial charge in [-0.2, -0.15) is 0 Å². The molecule has 2 aromatic carbocycles. The average molecular weight is 278 g/mol. The van der Waals surface area contributed by atoms with Crippen molar-refractivity contribution in [1.29, 1.82) is 0 Å². The summed E-state index contributed by atoms with van der Waals surface area (Å²) in [6.45, 7) is 5.79. The van der Waals surface area contributed by atoms with Gasteiger partial charge in [0.1, 0.15) is 5.82 Å². The molecule has 1 unspecified atom stereocenters. The van der Waals surface area contributed by atoms with Gasteiger partial charge in [0.25, 0.3) is 0 Å². The smallest absolute Gasteiger partial charge is 0.127 e. The monoisotopic (exact) mass is 277 g/mol. The van der Waals surface area contributed by atoms with Crippen molar-refractivity contribution < 1.29 is 4.39 Å². The molecule has 0 aromatic heterocycles.